The van der Waals surface area contributed by atoms with Gasteiger partial charge < -0.3 is 9.16 Å². The quantitative estimate of drug-likeness (QED) is 0.527. The minimum absolute atomic E-state index is 0.173. The van der Waals surface area contributed by atoms with Crippen LogP contribution in [-0.4, -0.2) is 29.1 Å². The molecule has 23 heavy (non-hydrogen) atoms. The third-order valence-corrected chi connectivity index (χ3v) is 11.8. The molecule has 0 amide bonds. The number of rotatable bonds is 6. The summed E-state index contributed by atoms with van der Waals surface area (Å²) in [5.74, 6) is 0. The Hall–Kier alpha value is -0.426. The summed E-state index contributed by atoms with van der Waals surface area (Å²) >= 11 is 0. The zero-order chi connectivity index (χ0) is 17.5. The molecule has 0 aromatic heterocycles. The fraction of sp³-hybridized carbons (Fsp3) is 0.684. The molecule has 2 atom stereocenters. The van der Waals surface area contributed by atoms with Crippen molar-refractivity contribution in [2.45, 2.75) is 77.2 Å². The summed E-state index contributed by atoms with van der Waals surface area (Å²) in [6.07, 6.45) is 1.55. The van der Waals surface area contributed by atoms with Crippen molar-refractivity contribution in [3.63, 3.8) is 0 Å². The highest BCUT2D eigenvalue weighted by Gasteiger charge is 2.41. The lowest BCUT2D eigenvalue weighted by molar-refractivity contribution is 0.161. The van der Waals surface area contributed by atoms with E-state index in [1.807, 2.05) is 0 Å². The van der Waals surface area contributed by atoms with Crippen LogP contribution in [0.15, 0.2) is 24.3 Å². The molecule has 1 aromatic rings. The van der Waals surface area contributed by atoms with E-state index in [2.05, 4.69) is 77.8 Å². The molecular weight excluding hydrogens is 316 g/mol. The van der Waals surface area contributed by atoms with Crippen LogP contribution in [0.2, 0.25) is 37.8 Å². The van der Waals surface area contributed by atoms with Crippen LogP contribution in [0.1, 0.15) is 38.9 Å². The maximum atomic E-state index is 6.86. The third kappa shape index (κ3) is 4.78. The van der Waals surface area contributed by atoms with Crippen LogP contribution in [-0.2, 0) is 9.16 Å². The largest absolute Gasteiger partial charge is 0.410 e. The van der Waals surface area contributed by atoms with E-state index in [-0.39, 0.29) is 11.1 Å². The van der Waals surface area contributed by atoms with Gasteiger partial charge in [0.15, 0.2) is 8.32 Å². The van der Waals surface area contributed by atoms with Crippen LogP contribution in [0.4, 0.5) is 0 Å². The first-order valence-corrected chi connectivity index (χ1v) is 15.2. The molecule has 0 bridgehead atoms. The van der Waals surface area contributed by atoms with E-state index in [4.69, 9.17) is 9.16 Å². The third-order valence-electron chi connectivity index (χ3n) is 5.24. The summed E-state index contributed by atoms with van der Waals surface area (Å²) in [5.41, 5.74) is 1.41. The lowest BCUT2D eigenvalue weighted by Crippen LogP contribution is -2.45. The standard InChI is InChI=1S/C19H34O2Si2/c1-19(2,3)23(7,8)21-17(13-15-14-20-15)16-11-9-10-12-18(16)22(4,5)6/h9-12,15,17H,13-14H2,1-8H3/t15-,17-/m1/s1. The van der Waals surface area contributed by atoms with Gasteiger partial charge >= 0.3 is 0 Å². The zero-order valence-corrected chi connectivity index (χ0v) is 18.2. The van der Waals surface area contributed by atoms with E-state index in [0.717, 1.165) is 13.0 Å². The topological polar surface area (TPSA) is 21.8 Å². The fourth-order valence-corrected chi connectivity index (χ4v) is 5.67. The number of epoxide rings is 1. The number of hydrogen-bond acceptors (Lipinski definition) is 2. The first-order chi connectivity index (χ1) is 10.4. The molecule has 2 nitrogen and oxygen atoms in total. The second kappa shape index (κ2) is 6.47. The molecule has 0 aliphatic carbocycles. The van der Waals surface area contributed by atoms with Gasteiger partial charge in [0.05, 0.1) is 26.9 Å². The van der Waals surface area contributed by atoms with Gasteiger partial charge in [-0.05, 0) is 23.7 Å². The highest BCUT2D eigenvalue weighted by atomic mass is 28.4. The molecule has 1 heterocycles. The van der Waals surface area contributed by atoms with Crippen molar-refractivity contribution in [3.05, 3.63) is 29.8 Å². The van der Waals surface area contributed by atoms with Gasteiger partial charge in [-0.2, -0.15) is 0 Å². The molecule has 1 aliphatic heterocycles. The van der Waals surface area contributed by atoms with E-state index in [1.165, 1.54) is 10.8 Å². The summed E-state index contributed by atoms with van der Waals surface area (Å²) < 4.78 is 12.4. The zero-order valence-electron chi connectivity index (χ0n) is 16.2. The average Bonchev–Trinajstić information content (AvgIpc) is 3.19. The van der Waals surface area contributed by atoms with Crippen molar-refractivity contribution < 1.29 is 9.16 Å². The second-order valence-corrected chi connectivity index (χ2v) is 19.2. The van der Waals surface area contributed by atoms with Gasteiger partial charge in [0, 0.05) is 6.42 Å². The molecule has 2 rings (SSSR count). The van der Waals surface area contributed by atoms with Crippen LogP contribution < -0.4 is 5.19 Å². The lowest BCUT2D eigenvalue weighted by Gasteiger charge is -2.40. The molecule has 0 spiro atoms. The maximum absolute atomic E-state index is 6.86. The average molecular weight is 351 g/mol. The van der Waals surface area contributed by atoms with Crippen LogP contribution in [0.3, 0.4) is 0 Å². The monoisotopic (exact) mass is 350 g/mol. The molecule has 4 heteroatoms. The van der Waals surface area contributed by atoms with E-state index in [1.54, 1.807) is 0 Å². The highest BCUT2D eigenvalue weighted by molar-refractivity contribution is 6.89. The number of hydrogen-bond donors (Lipinski definition) is 0. The number of ether oxygens (including phenoxy) is 1. The summed E-state index contributed by atoms with van der Waals surface area (Å²) in [6, 6.07) is 8.94. The Morgan fingerprint density at radius 3 is 2.17 bits per heavy atom. The molecule has 1 fully saturated rings. The van der Waals surface area contributed by atoms with Crippen molar-refractivity contribution in [3.8, 4) is 0 Å². The smallest absolute Gasteiger partial charge is 0.192 e. The van der Waals surface area contributed by atoms with E-state index >= 15 is 0 Å². The second-order valence-electron chi connectivity index (χ2n) is 9.40. The molecule has 0 saturated carbocycles. The van der Waals surface area contributed by atoms with E-state index < -0.39 is 16.4 Å². The molecule has 1 saturated heterocycles. The Balaban J connectivity index is 2.36. The minimum Gasteiger partial charge on any atom is -0.410 e. The van der Waals surface area contributed by atoms with Crippen LogP contribution in [0.25, 0.3) is 0 Å². The van der Waals surface area contributed by atoms with Crippen molar-refractivity contribution in [2.24, 2.45) is 0 Å². The Kier molecular flexibility index (Phi) is 5.32. The highest BCUT2D eigenvalue weighted by Crippen LogP contribution is 2.41. The molecule has 1 aromatic carbocycles. The summed E-state index contributed by atoms with van der Waals surface area (Å²) in [5, 5.41) is 1.76. The number of benzene rings is 1. The maximum Gasteiger partial charge on any atom is 0.192 e. The van der Waals surface area contributed by atoms with Gasteiger partial charge in [-0.1, -0.05) is 69.9 Å². The molecule has 0 radical (unpaired) electrons. The molecule has 0 N–H and O–H groups in total. The minimum atomic E-state index is -1.81. The molecule has 1 aliphatic rings. The predicted octanol–water partition coefficient (Wildman–Crippen LogP) is 5.08. The van der Waals surface area contributed by atoms with Gasteiger partial charge in [-0.25, -0.2) is 0 Å². The predicted molar refractivity (Wildman–Crippen MR) is 105 cm³/mol. The first kappa shape index (κ1) is 18.9. The fourth-order valence-electron chi connectivity index (χ4n) is 2.67. The van der Waals surface area contributed by atoms with Crippen molar-refractivity contribution >= 4 is 21.6 Å². The van der Waals surface area contributed by atoms with Gasteiger partial charge in [0.1, 0.15) is 0 Å². The van der Waals surface area contributed by atoms with Gasteiger partial charge in [-0.15, -0.1) is 0 Å². The Bertz CT molecular complexity index is 537. The summed E-state index contributed by atoms with van der Waals surface area (Å²) in [4.78, 5) is 0. The van der Waals surface area contributed by atoms with Gasteiger partial charge in [0.2, 0.25) is 0 Å². The lowest BCUT2D eigenvalue weighted by atomic mass is 10.1. The normalized spacial score (nSPS) is 20.4. The SMILES string of the molecule is CC(C)(C)[Si](C)(C)O[C@H](C[C@@H]1CO1)c1ccccc1[Si](C)(C)C. The molecule has 0 unspecified atom stereocenters. The summed E-state index contributed by atoms with van der Waals surface area (Å²) in [7, 11) is -3.21. The van der Waals surface area contributed by atoms with Crippen molar-refractivity contribution in [2.75, 3.05) is 6.61 Å². The van der Waals surface area contributed by atoms with Crippen molar-refractivity contribution in [1.82, 2.24) is 0 Å². The van der Waals surface area contributed by atoms with Crippen molar-refractivity contribution in [1.29, 1.82) is 0 Å². The first-order valence-electron chi connectivity index (χ1n) is 8.80. The van der Waals surface area contributed by atoms with Crippen LogP contribution in [0.5, 0.6) is 0 Å². The van der Waals surface area contributed by atoms with Gasteiger partial charge in [-0.3, -0.25) is 0 Å². The van der Waals surface area contributed by atoms with E-state index in [9.17, 15) is 0 Å². The van der Waals surface area contributed by atoms with Crippen LogP contribution in [0, 0.1) is 0 Å². The molecular formula is C19H34O2Si2. The Morgan fingerprint density at radius 2 is 1.70 bits per heavy atom. The van der Waals surface area contributed by atoms with Gasteiger partial charge in [0.25, 0.3) is 0 Å². The Labute approximate surface area is 144 Å². The van der Waals surface area contributed by atoms with E-state index in [0.29, 0.717) is 6.10 Å². The van der Waals surface area contributed by atoms with Crippen LogP contribution >= 0.6 is 0 Å². The Morgan fingerprint density at radius 1 is 1.13 bits per heavy atom. The summed E-state index contributed by atoms with van der Waals surface area (Å²) in [6.45, 7) is 19.8. The molecule has 130 valence electrons.